The third kappa shape index (κ3) is 3.58. The summed E-state index contributed by atoms with van der Waals surface area (Å²) in [6, 6.07) is 19.4. The Morgan fingerprint density at radius 3 is 2.45 bits per heavy atom. The van der Waals surface area contributed by atoms with Crippen molar-refractivity contribution in [3.05, 3.63) is 77.3 Å². The molecule has 5 heteroatoms. The van der Waals surface area contributed by atoms with E-state index in [9.17, 15) is 4.79 Å². The Morgan fingerprint density at radius 2 is 1.73 bits per heavy atom. The van der Waals surface area contributed by atoms with Crippen molar-refractivity contribution in [1.29, 1.82) is 0 Å². The second kappa shape index (κ2) is 6.98. The predicted molar refractivity (Wildman–Crippen MR) is 86.2 cm³/mol. The van der Waals surface area contributed by atoms with Crippen LogP contribution in [-0.4, -0.2) is 10.9 Å². The molecule has 1 amide bonds. The molecular formula is C17H14N2O2S. The molecule has 3 rings (SSSR count). The van der Waals surface area contributed by atoms with Crippen molar-refractivity contribution < 1.29 is 9.63 Å². The van der Waals surface area contributed by atoms with Gasteiger partial charge in [0.2, 0.25) is 0 Å². The highest BCUT2D eigenvalue weighted by molar-refractivity contribution is 7.16. The number of hydroxylamine groups is 1. The minimum atomic E-state index is -0.282. The largest absolute Gasteiger partial charge is 0.286 e. The van der Waals surface area contributed by atoms with E-state index < -0.39 is 0 Å². The van der Waals surface area contributed by atoms with Gasteiger partial charge < -0.3 is 0 Å². The van der Waals surface area contributed by atoms with Gasteiger partial charge in [0, 0.05) is 5.56 Å². The number of nitrogens with zero attached hydrogens (tertiary/aromatic N) is 1. The van der Waals surface area contributed by atoms with Crippen LogP contribution in [0.1, 0.15) is 15.2 Å². The Bertz CT molecular complexity index is 742. The summed E-state index contributed by atoms with van der Waals surface area (Å²) >= 11 is 1.34. The maximum Gasteiger partial charge on any atom is 0.286 e. The molecule has 0 bridgehead atoms. The van der Waals surface area contributed by atoms with E-state index in [-0.39, 0.29) is 5.91 Å². The zero-order chi connectivity index (χ0) is 15.2. The van der Waals surface area contributed by atoms with Gasteiger partial charge >= 0.3 is 0 Å². The lowest BCUT2D eigenvalue weighted by Crippen LogP contribution is -2.22. The number of benzene rings is 2. The van der Waals surface area contributed by atoms with Crippen LogP contribution in [0.15, 0.2) is 66.9 Å². The quantitative estimate of drug-likeness (QED) is 0.732. The summed E-state index contributed by atoms with van der Waals surface area (Å²) in [5, 5.41) is 0.814. The fraction of sp³-hybridized carbons (Fsp3) is 0.0588. The summed E-state index contributed by atoms with van der Waals surface area (Å²) in [5.41, 5.74) is 4.44. The third-order valence-electron chi connectivity index (χ3n) is 3.00. The van der Waals surface area contributed by atoms with Gasteiger partial charge in [-0.2, -0.15) is 0 Å². The molecule has 2 aromatic carbocycles. The SMILES string of the molecule is O=C(NOCc1ccccc1)c1cnc(-c2ccccc2)s1. The first-order valence-electron chi connectivity index (χ1n) is 6.80. The van der Waals surface area contributed by atoms with Gasteiger partial charge in [0.25, 0.3) is 5.91 Å². The van der Waals surface area contributed by atoms with Gasteiger partial charge in [0.1, 0.15) is 9.88 Å². The van der Waals surface area contributed by atoms with Crippen molar-refractivity contribution in [2.24, 2.45) is 0 Å². The van der Waals surface area contributed by atoms with Gasteiger partial charge in [-0.05, 0) is 5.56 Å². The van der Waals surface area contributed by atoms with Crippen molar-refractivity contribution in [1.82, 2.24) is 10.5 Å². The van der Waals surface area contributed by atoms with Crippen molar-refractivity contribution in [2.75, 3.05) is 0 Å². The maximum atomic E-state index is 12.0. The van der Waals surface area contributed by atoms with Crippen LogP contribution < -0.4 is 5.48 Å². The topological polar surface area (TPSA) is 51.2 Å². The van der Waals surface area contributed by atoms with Gasteiger partial charge in [0.05, 0.1) is 12.8 Å². The summed E-state index contributed by atoms with van der Waals surface area (Å²) in [5.74, 6) is -0.282. The molecule has 4 nitrogen and oxygen atoms in total. The van der Waals surface area contributed by atoms with Crippen LogP contribution in [0.5, 0.6) is 0 Å². The van der Waals surface area contributed by atoms with Crippen LogP contribution in [0.4, 0.5) is 0 Å². The number of thiazole rings is 1. The van der Waals surface area contributed by atoms with E-state index in [4.69, 9.17) is 4.84 Å². The highest BCUT2D eigenvalue weighted by Gasteiger charge is 2.11. The van der Waals surface area contributed by atoms with Gasteiger partial charge in [0.15, 0.2) is 0 Å². The van der Waals surface area contributed by atoms with Crippen molar-refractivity contribution in [2.45, 2.75) is 6.61 Å². The second-order valence-electron chi connectivity index (χ2n) is 4.60. The molecule has 0 aliphatic rings. The van der Waals surface area contributed by atoms with E-state index in [1.165, 1.54) is 11.3 Å². The number of carbonyl (C=O) groups excluding carboxylic acids is 1. The Labute approximate surface area is 132 Å². The van der Waals surface area contributed by atoms with Crippen molar-refractivity contribution in [3.8, 4) is 10.6 Å². The van der Waals surface area contributed by atoms with Crippen LogP contribution in [0.2, 0.25) is 0 Å². The van der Waals surface area contributed by atoms with Crippen LogP contribution in [0.3, 0.4) is 0 Å². The van der Waals surface area contributed by atoms with Gasteiger partial charge in [-0.3, -0.25) is 9.63 Å². The zero-order valence-electron chi connectivity index (χ0n) is 11.7. The summed E-state index contributed by atoms with van der Waals surface area (Å²) in [4.78, 5) is 22.0. The summed E-state index contributed by atoms with van der Waals surface area (Å²) < 4.78 is 0. The molecule has 0 aliphatic heterocycles. The van der Waals surface area contributed by atoms with E-state index in [2.05, 4.69) is 10.5 Å². The van der Waals surface area contributed by atoms with Crippen LogP contribution in [0, 0.1) is 0 Å². The molecule has 110 valence electrons. The monoisotopic (exact) mass is 310 g/mol. The molecule has 0 aliphatic carbocycles. The molecule has 0 saturated heterocycles. The molecule has 0 atom stereocenters. The second-order valence-corrected chi connectivity index (χ2v) is 5.63. The van der Waals surface area contributed by atoms with Crippen LogP contribution in [0.25, 0.3) is 10.6 Å². The number of carbonyl (C=O) groups is 1. The van der Waals surface area contributed by atoms with E-state index in [1.807, 2.05) is 60.7 Å². The average Bonchev–Trinajstić information content (AvgIpc) is 3.07. The molecule has 0 fully saturated rings. The van der Waals surface area contributed by atoms with Gasteiger partial charge in [-0.25, -0.2) is 10.5 Å². The van der Waals surface area contributed by atoms with E-state index in [1.54, 1.807) is 6.20 Å². The summed E-state index contributed by atoms with van der Waals surface area (Å²) in [7, 11) is 0. The van der Waals surface area contributed by atoms with E-state index in [0.29, 0.717) is 11.5 Å². The highest BCUT2D eigenvalue weighted by Crippen LogP contribution is 2.24. The Balaban J connectivity index is 1.58. The molecular weight excluding hydrogens is 296 g/mol. The first kappa shape index (κ1) is 14.4. The summed E-state index contributed by atoms with van der Waals surface area (Å²) in [6.45, 7) is 0.330. The van der Waals surface area contributed by atoms with E-state index in [0.717, 1.165) is 16.1 Å². The lowest BCUT2D eigenvalue weighted by Gasteiger charge is -2.04. The minimum Gasteiger partial charge on any atom is -0.269 e. The van der Waals surface area contributed by atoms with Crippen molar-refractivity contribution in [3.63, 3.8) is 0 Å². The normalized spacial score (nSPS) is 10.4. The number of amides is 1. The molecule has 1 aromatic heterocycles. The smallest absolute Gasteiger partial charge is 0.269 e. The fourth-order valence-electron chi connectivity index (χ4n) is 1.90. The molecule has 22 heavy (non-hydrogen) atoms. The predicted octanol–water partition coefficient (Wildman–Crippen LogP) is 3.67. The number of nitrogens with one attached hydrogen (secondary N) is 1. The average molecular weight is 310 g/mol. The Kier molecular flexibility index (Phi) is 4.58. The fourth-order valence-corrected chi connectivity index (χ4v) is 2.71. The molecule has 0 spiro atoms. The molecule has 0 unspecified atom stereocenters. The first-order valence-corrected chi connectivity index (χ1v) is 7.62. The molecule has 0 saturated carbocycles. The number of aromatic nitrogens is 1. The van der Waals surface area contributed by atoms with E-state index >= 15 is 0 Å². The molecule has 3 aromatic rings. The van der Waals surface area contributed by atoms with Crippen molar-refractivity contribution >= 4 is 17.2 Å². The minimum absolute atomic E-state index is 0.282. The molecule has 0 radical (unpaired) electrons. The van der Waals surface area contributed by atoms with Gasteiger partial charge in [-0.1, -0.05) is 60.7 Å². The maximum absolute atomic E-state index is 12.0. The standard InChI is InChI=1S/C17H14N2O2S/c20-16(19-21-12-13-7-3-1-4-8-13)15-11-18-17(22-15)14-9-5-2-6-10-14/h1-11H,12H2,(H,19,20). The highest BCUT2D eigenvalue weighted by atomic mass is 32.1. The van der Waals surface area contributed by atoms with Crippen LogP contribution >= 0.6 is 11.3 Å². The Morgan fingerprint density at radius 1 is 1.05 bits per heavy atom. The number of hydrogen-bond acceptors (Lipinski definition) is 4. The third-order valence-corrected chi connectivity index (χ3v) is 4.04. The lowest BCUT2D eigenvalue weighted by atomic mass is 10.2. The van der Waals surface area contributed by atoms with Gasteiger partial charge in [-0.15, -0.1) is 11.3 Å². The number of rotatable bonds is 5. The number of hydrogen-bond donors (Lipinski definition) is 1. The zero-order valence-corrected chi connectivity index (χ0v) is 12.5. The lowest BCUT2D eigenvalue weighted by molar-refractivity contribution is 0.0237. The summed E-state index contributed by atoms with van der Waals surface area (Å²) in [6.07, 6.45) is 1.56. The first-order chi connectivity index (χ1) is 10.8. The molecule has 1 heterocycles. The van der Waals surface area contributed by atoms with Crippen LogP contribution in [-0.2, 0) is 11.4 Å². The Hall–Kier alpha value is -2.50. The molecule has 1 N–H and O–H groups in total.